The van der Waals surface area contributed by atoms with Crippen molar-refractivity contribution >= 4 is 16.7 Å². The summed E-state index contributed by atoms with van der Waals surface area (Å²) in [6, 6.07) is 9.85. The Morgan fingerprint density at radius 3 is 3.04 bits per heavy atom. The van der Waals surface area contributed by atoms with Gasteiger partial charge < -0.3 is 9.47 Å². The van der Waals surface area contributed by atoms with E-state index in [1.165, 1.54) is 0 Å². The molecule has 0 N–H and O–H groups in total. The van der Waals surface area contributed by atoms with Gasteiger partial charge in [-0.05, 0) is 30.7 Å². The van der Waals surface area contributed by atoms with Crippen LogP contribution in [0.5, 0.6) is 0 Å². The molecule has 0 radical (unpaired) electrons. The lowest BCUT2D eigenvalue weighted by Gasteiger charge is -2.17. The van der Waals surface area contributed by atoms with Gasteiger partial charge in [-0.3, -0.25) is 9.78 Å². The molecule has 1 unspecified atom stereocenters. The van der Waals surface area contributed by atoms with Crippen LogP contribution in [-0.2, 0) is 13.0 Å². The maximum atomic E-state index is 13.0. The van der Waals surface area contributed by atoms with Crippen LogP contribution in [0.3, 0.4) is 0 Å². The van der Waals surface area contributed by atoms with E-state index in [9.17, 15) is 4.79 Å². The fourth-order valence-corrected chi connectivity index (χ4v) is 3.58. The number of carbonyl (C=O) groups is 1. The van der Waals surface area contributed by atoms with Gasteiger partial charge in [0.25, 0.3) is 5.91 Å². The Morgan fingerprint density at radius 1 is 1.28 bits per heavy atom. The molecule has 1 atom stereocenters. The highest BCUT2D eigenvalue weighted by atomic mass is 16.2. The molecular formula is C19H21N5O. The molecule has 1 aliphatic rings. The summed E-state index contributed by atoms with van der Waals surface area (Å²) in [4.78, 5) is 19.2. The number of amides is 1. The predicted molar refractivity (Wildman–Crippen MR) is 95.2 cm³/mol. The van der Waals surface area contributed by atoms with Gasteiger partial charge in [-0.1, -0.05) is 24.3 Å². The van der Waals surface area contributed by atoms with Crippen LogP contribution in [-0.4, -0.2) is 43.6 Å². The summed E-state index contributed by atoms with van der Waals surface area (Å²) < 4.78 is 2.07. The van der Waals surface area contributed by atoms with Gasteiger partial charge in [0, 0.05) is 37.6 Å². The molecule has 1 aliphatic heterocycles. The van der Waals surface area contributed by atoms with Gasteiger partial charge >= 0.3 is 0 Å². The van der Waals surface area contributed by atoms with Crippen molar-refractivity contribution in [1.29, 1.82) is 0 Å². The van der Waals surface area contributed by atoms with Gasteiger partial charge in [-0.15, -0.1) is 10.2 Å². The minimum atomic E-state index is 0.0243. The van der Waals surface area contributed by atoms with Crippen LogP contribution < -0.4 is 0 Å². The summed E-state index contributed by atoms with van der Waals surface area (Å²) in [6.45, 7) is 4.48. The highest BCUT2D eigenvalue weighted by Crippen LogP contribution is 2.24. The van der Waals surface area contributed by atoms with Crippen LogP contribution in [0.15, 0.2) is 42.9 Å². The van der Waals surface area contributed by atoms with Crippen LogP contribution in [0.4, 0.5) is 0 Å². The average Bonchev–Trinajstić information content (AvgIpc) is 3.30. The summed E-state index contributed by atoms with van der Waals surface area (Å²) in [6.07, 6.45) is 5.34. The Labute approximate surface area is 146 Å². The first-order valence-electron chi connectivity index (χ1n) is 8.76. The zero-order chi connectivity index (χ0) is 17.2. The summed E-state index contributed by atoms with van der Waals surface area (Å²) >= 11 is 0. The van der Waals surface area contributed by atoms with Gasteiger partial charge in [0.2, 0.25) is 0 Å². The number of aryl methyl sites for hydroxylation is 1. The van der Waals surface area contributed by atoms with Crippen molar-refractivity contribution in [2.75, 3.05) is 13.1 Å². The minimum absolute atomic E-state index is 0.0243. The molecule has 2 aromatic heterocycles. The van der Waals surface area contributed by atoms with E-state index < -0.39 is 0 Å². The Bertz CT molecular complexity index is 898. The van der Waals surface area contributed by atoms with E-state index in [0.29, 0.717) is 11.6 Å². The van der Waals surface area contributed by atoms with Gasteiger partial charge in [0.05, 0.1) is 0 Å². The van der Waals surface area contributed by atoms with E-state index in [-0.39, 0.29) is 5.91 Å². The van der Waals surface area contributed by atoms with E-state index in [2.05, 4.69) is 26.7 Å². The number of rotatable bonds is 4. The number of hydrogen-bond donors (Lipinski definition) is 0. The Kier molecular flexibility index (Phi) is 4.17. The molecule has 1 fully saturated rings. The molecule has 6 heteroatoms. The molecule has 128 valence electrons. The van der Waals surface area contributed by atoms with E-state index in [1.54, 1.807) is 12.5 Å². The van der Waals surface area contributed by atoms with Gasteiger partial charge in [-0.2, -0.15) is 0 Å². The second-order valence-corrected chi connectivity index (χ2v) is 6.52. The van der Waals surface area contributed by atoms with Crippen LogP contribution in [0.1, 0.15) is 29.7 Å². The number of pyridine rings is 1. The zero-order valence-corrected chi connectivity index (χ0v) is 14.3. The number of carbonyl (C=O) groups excluding carboxylic acids is 1. The van der Waals surface area contributed by atoms with Crippen LogP contribution in [0, 0.1) is 5.92 Å². The summed E-state index contributed by atoms with van der Waals surface area (Å²) in [5.74, 6) is 1.45. The third-order valence-corrected chi connectivity index (χ3v) is 4.96. The molecule has 4 rings (SSSR count). The molecule has 0 spiro atoms. The van der Waals surface area contributed by atoms with E-state index >= 15 is 0 Å². The third-order valence-electron chi connectivity index (χ3n) is 4.96. The Hall–Kier alpha value is -2.76. The standard InChI is InChI=1S/C19H21N5O/c1-2-23-13-21-22-17(23)11-14-8-10-24(12-14)19(25)18-16-6-4-3-5-15(16)7-9-20-18/h3-7,9,13-14H,2,8,10-12H2,1H3. The van der Waals surface area contributed by atoms with Crippen LogP contribution in [0.25, 0.3) is 10.8 Å². The highest BCUT2D eigenvalue weighted by Gasteiger charge is 2.29. The first kappa shape index (κ1) is 15.7. The van der Waals surface area contributed by atoms with Crippen LogP contribution >= 0.6 is 0 Å². The predicted octanol–water partition coefficient (Wildman–Crippen LogP) is 2.55. The molecule has 1 saturated heterocycles. The maximum Gasteiger partial charge on any atom is 0.273 e. The lowest BCUT2D eigenvalue weighted by Crippen LogP contribution is -2.30. The fraction of sp³-hybridized carbons (Fsp3) is 0.368. The SMILES string of the molecule is CCn1cnnc1CC1CCN(C(=O)c2nccc3ccccc23)C1. The van der Waals surface area contributed by atoms with Crippen molar-refractivity contribution < 1.29 is 4.79 Å². The topological polar surface area (TPSA) is 63.9 Å². The highest BCUT2D eigenvalue weighted by molar-refractivity contribution is 6.05. The van der Waals surface area contributed by atoms with Crippen molar-refractivity contribution in [3.8, 4) is 0 Å². The molecule has 0 aliphatic carbocycles. The monoisotopic (exact) mass is 335 g/mol. The molecule has 3 aromatic rings. The second-order valence-electron chi connectivity index (χ2n) is 6.52. The average molecular weight is 335 g/mol. The molecule has 1 amide bonds. The van der Waals surface area contributed by atoms with Gasteiger partial charge in [-0.25, -0.2) is 0 Å². The van der Waals surface area contributed by atoms with Crippen molar-refractivity contribution in [2.45, 2.75) is 26.3 Å². The summed E-state index contributed by atoms with van der Waals surface area (Å²) in [5, 5.41) is 10.2. The molecule has 0 bridgehead atoms. The Morgan fingerprint density at radius 2 is 2.16 bits per heavy atom. The van der Waals surface area contributed by atoms with E-state index in [0.717, 1.165) is 49.1 Å². The largest absolute Gasteiger partial charge is 0.337 e. The number of aromatic nitrogens is 4. The molecular weight excluding hydrogens is 314 g/mol. The fourth-order valence-electron chi connectivity index (χ4n) is 3.58. The number of benzene rings is 1. The van der Waals surface area contributed by atoms with Crippen molar-refractivity contribution in [2.24, 2.45) is 5.92 Å². The molecule has 25 heavy (non-hydrogen) atoms. The number of likely N-dealkylation sites (tertiary alicyclic amines) is 1. The molecule has 1 aromatic carbocycles. The van der Waals surface area contributed by atoms with Gasteiger partial charge in [0.15, 0.2) is 0 Å². The smallest absolute Gasteiger partial charge is 0.273 e. The lowest BCUT2D eigenvalue weighted by atomic mass is 10.0. The second kappa shape index (κ2) is 6.63. The van der Waals surface area contributed by atoms with Gasteiger partial charge in [0.1, 0.15) is 17.8 Å². The molecule has 0 saturated carbocycles. The number of hydrogen-bond acceptors (Lipinski definition) is 4. The lowest BCUT2D eigenvalue weighted by molar-refractivity contribution is 0.0783. The number of fused-ring (bicyclic) bond motifs is 1. The maximum absolute atomic E-state index is 13.0. The van der Waals surface area contributed by atoms with E-state index in [4.69, 9.17) is 0 Å². The van der Waals surface area contributed by atoms with Crippen LogP contribution in [0.2, 0.25) is 0 Å². The van der Waals surface area contributed by atoms with E-state index in [1.807, 2.05) is 35.2 Å². The molecule has 6 nitrogen and oxygen atoms in total. The van der Waals surface area contributed by atoms with Crippen molar-refractivity contribution in [3.63, 3.8) is 0 Å². The van der Waals surface area contributed by atoms with Crippen molar-refractivity contribution in [1.82, 2.24) is 24.6 Å². The summed E-state index contributed by atoms with van der Waals surface area (Å²) in [7, 11) is 0. The zero-order valence-electron chi connectivity index (χ0n) is 14.3. The number of nitrogens with zero attached hydrogens (tertiary/aromatic N) is 5. The first-order chi connectivity index (χ1) is 12.3. The summed E-state index contributed by atoms with van der Waals surface area (Å²) in [5.41, 5.74) is 0.551. The first-order valence-corrected chi connectivity index (χ1v) is 8.76. The van der Waals surface area contributed by atoms with Crippen molar-refractivity contribution in [3.05, 3.63) is 54.4 Å². The normalized spacial score (nSPS) is 17.3. The Balaban J connectivity index is 1.50. The molecule has 3 heterocycles. The minimum Gasteiger partial charge on any atom is -0.337 e. The quantitative estimate of drug-likeness (QED) is 0.735. The third kappa shape index (κ3) is 2.99.